The van der Waals surface area contributed by atoms with E-state index in [1.165, 1.54) is 17.7 Å². The van der Waals surface area contributed by atoms with Crippen LogP contribution in [0.15, 0.2) is 53.3 Å². The molecule has 0 saturated carbocycles. The number of carbonyl (C=O) groups excluding carboxylic acids is 1. The summed E-state index contributed by atoms with van der Waals surface area (Å²) in [4.78, 5) is 24.9. The first-order valence-electron chi connectivity index (χ1n) is 7.73. The standard InChI is InChI=1S/C19H17ClN2O3/c1-12-10-18(24)22(19-13(12)6-5-9-16(19)25-2)11-17(23)21-15-8-4-3-7-14(15)20/h3-10H,11H2,1-2H3,(H,21,23). The maximum atomic E-state index is 12.5. The number of carbonyl (C=O) groups is 1. The number of nitrogens with one attached hydrogen (secondary N) is 1. The maximum absolute atomic E-state index is 12.5. The van der Waals surface area contributed by atoms with Crippen molar-refractivity contribution in [2.75, 3.05) is 12.4 Å². The Hall–Kier alpha value is -2.79. The minimum atomic E-state index is -0.341. The van der Waals surface area contributed by atoms with Gasteiger partial charge in [0.2, 0.25) is 5.91 Å². The van der Waals surface area contributed by atoms with E-state index < -0.39 is 0 Å². The number of rotatable bonds is 4. The smallest absolute Gasteiger partial charge is 0.251 e. The molecule has 0 radical (unpaired) electrons. The average Bonchev–Trinajstić information content (AvgIpc) is 2.60. The van der Waals surface area contributed by atoms with Gasteiger partial charge in [0.05, 0.1) is 23.3 Å². The van der Waals surface area contributed by atoms with Crippen molar-refractivity contribution < 1.29 is 9.53 Å². The molecule has 0 atom stereocenters. The molecule has 0 unspecified atom stereocenters. The number of ether oxygens (including phenoxy) is 1. The van der Waals surface area contributed by atoms with Gasteiger partial charge in [-0.25, -0.2) is 0 Å². The van der Waals surface area contributed by atoms with E-state index in [0.29, 0.717) is 22.0 Å². The summed E-state index contributed by atoms with van der Waals surface area (Å²) in [6, 6.07) is 14.0. The number of hydrogen-bond donors (Lipinski definition) is 1. The number of benzene rings is 2. The van der Waals surface area contributed by atoms with Crippen LogP contribution in [0.2, 0.25) is 5.02 Å². The number of aromatic nitrogens is 1. The van der Waals surface area contributed by atoms with Crippen molar-refractivity contribution in [2.45, 2.75) is 13.5 Å². The van der Waals surface area contributed by atoms with Crippen molar-refractivity contribution >= 4 is 34.1 Å². The van der Waals surface area contributed by atoms with E-state index in [4.69, 9.17) is 16.3 Å². The highest BCUT2D eigenvalue weighted by Crippen LogP contribution is 2.26. The second kappa shape index (κ2) is 6.99. The van der Waals surface area contributed by atoms with Crippen LogP contribution in [0.3, 0.4) is 0 Å². The first-order valence-corrected chi connectivity index (χ1v) is 8.10. The summed E-state index contributed by atoms with van der Waals surface area (Å²) >= 11 is 6.06. The zero-order valence-electron chi connectivity index (χ0n) is 13.9. The van der Waals surface area contributed by atoms with Crippen LogP contribution in [-0.4, -0.2) is 17.6 Å². The summed E-state index contributed by atoms with van der Waals surface area (Å²) in [6.45, 7) is 1.72. The summed E-state index contributed by atoms with van der Waals surface area (Å²) < 4.78 is 6.79. The molecular formula is C19H17ClN2O3. The fourth-order valence-corrected chi connectivity index (χ4v) is 2.97. The van der Waals surface area contributed by atoms with Crippen LogP contribution in [0.4, 0.5) is 5.69 Å². The minimum Gasteiger partial charge on any atom is -0.495 e. The summed E-state index contributed by atoms with van der Waals surface area (Å²) in [5.74, 6) is 0.204. The lowest BCUT2D eigenvalue weighted by Crippen LogP contribution is -2.28. The van der Waals surface area contributed by atoms with Crippen molar-refractivity contribution in [3.63, 3.8) is 0 Å². The molecule has 1 heterocycles. The van der Waals surface area contributed by atoms with E-state index in [1.807, 2.05) is 19.1 Å². The summed E-state index contributed by atoms with van der Waals surface area (Å²) in [5, 5.41) is 4.04. The molecule has 6 heteroatoms. The molecular weight excluding hydrogens is 340 g/mol. The quantitative estimate of drug-likeness (QED) is 0.776. The Labute approximate surface area is 149 Å². The van der Waals surface area contributed by atoms with Gasteiger partial charge in [-0.15, -0.1) is 0 Å². The molecule has 0 saturated heterocycles. The van der Waals surface area contributed by atoms with Gasteiger partial charge < -0.3 is 10.1 Å². The monoisotopic (exact) mass is 356 g/mol. The average molecular weight is 357 g/mol. The van der Waals surface area contributed by atoms with Crippen LogP contribution in [0.5, 0.6) is 5.75 Å². The fraction of sp³-hybridized carbons (Fsp3) is 0.158. The molecule has 1 aromatic heterocycles. The third kappa shape index (κ3) is 3.37. The van der Waals surface area contributed by atoms with Crippen LogP contribution >= 0.6 is 11.6 Å². The van der Waals surface area contributed by atoms with Crippen LogP contribution < -0.4 is 15.6 Å². The molecule has 128 valence electrons. The topological polar surface area (TPSA) is 60.3 Å². The molecule has 3 rings (SSSR count). The first-order chi connectivity index (χ1) is 12.0. The number of para-hydroxylation sites is 2. The minimum absolute atomic E-state index is 0.138. The molecule has 0 aliphatic rings. The Morgan fingerprint density at radius 2 is 1.96 bits per heavy atom. The Bertz CT molecular complexity index is 1010. The lowest BCUT2D eigenvalue weighted by atomic mass is 10.1. The Morgan fingerprint density at radius 1 is 1.20 bits per heavy atom. The highest BCUT2D eigenvalue weighted by Gasteiger charge is 2.14. The number of fused-ring (bicyclic) bond motifs is 1. The van der Waals surface area contributed by atoms with Gasteiger partial charge in [0.15, 0.2) is 0 Å². The highest BCUT2D eigenvalue weighted by molar-refractivity contribution is 6.33. The van der Waals surface area contributed by atoms with Gasteiger partial charge in [-0.05, 0) is 30.7 Å². The third-order valence-corrected chi connectivity index (χ3v) is 4.30. The van der Waals surface area contributed by atoms with Crippen molar-refractivity contribution in [1.29, 1.82) is 0 Å². The van der Waals surface area contributed by atoms with Gasteiger partial charge >= 0.3 is 0 Å². The molecule has 1 amide bonds. The number of aryl methyl sites for hydroxylation is 1. The summed E-state index contributed by atoms with van der Waals surface area (Å²) in [5.41, 5.74) is 1.68. The van der Waals surface area contributed by atoms with Crippen molar-refractivity contribution in [2.24, 2.45) is 0 Å². The molecule has 5 nitrogen and oxygen atoms in total. The van der Waals surface area contributed by atoms with Crippen LogP contribution in [0.1, 0.15) is 5.56 Å². The zero-order chi connectivity index (χ0) is 18.0. The molecule has 0 aliphatic heterocycles. The SMILES string of the molecule is COc1cccc2c(C)cc(=O)n(CC(=O)Nc3ccccc3Cl)c12. The van der Waals surface area contributed by atoms with Gasteiger partial charge in [-0.3, -0.25) is 14.2 Å². The van der Waals surface area contributed by atoms with E-state index in [0.717, 1.165) is 10.9 Å². The van der Waals surface area contributed by atoms with E-state index in [1.54, 1.807) is 30.3 Å². The summed E-state index contributed by atoms with van der Waals surface area (Å²) in [6.07, 6.45) is 0. The molecule has 0 spiro atoms. The second-order valence-corrected chi connectivity index (χ2v) is 6.04. The number of anilines is 1. The number of hydrogen-bond acceptors (Lipinski definition) is 3. The third-order valence-electron chi connectivity index (χ3n) is 3.97. The highest BCUT2D eigenvalue weighted by atomic mass is 35.5. The lowest BCUT2D eigenvalue weighted by Gasteiger charge is -2.15. The molecule has 25 heavy (non-hydrogen) atoms. The number of nitrogens with zero attached hydrogens (tertiary/aromatic N) is 1. The van der Waals surface area contributed by atoms with Crippen molar-refractivity contribution in [3.05, 3.63) is 69.5 Å². The van der Waals surface area contributed by atoms with Gasteiger partial charge in [-0.2, -0.15) is 0 Å². The Kier molecular flexibility index (Phi) is 4.76. The lowest BCUT2D eigenvalue weighted by molar-refractivity contribution is -0.116. The Balaban J connectivity index is 2.03. The van der Waals surface area contributed by atoms with Crippen LogP contribution in [-0.2, 0) is 11.3 Å². The molecule has 0 bridgehead atoms. The van der Waals surface area contributed by atoms with Gasteiger partial charge in [0, 0.05) is 11.5 Å². The van der Waals surface area contributed by atoms with E-state index in [2.05, 4.69) is 5.32 Å². The molecule has 0 fully saturated rings. The van der Waals surface area contributed by atoms with E-state index in [-0.39, 0.29) is 18.0 Å². The first kappa shape index (κ1) is 17.0. The van der Waals surface area contributed by atoms with Gasteiger partial charge in [0.1, 0.15) is 12.3 Å². The number of halogens is 1. The normalized spacial score (nSPS) is 10.7. The maximum Gasteiger partial charge on any atom is 0.251 e. The molecule has 0 aliphatic carbocycles. The predicted octanol–water partition coefficient (Wildman–Crippen LogP) is 3.61. The van der Waals surface area contributed by atoms with E-state index in [9.17, 15) is 9.59 Å². The van der Waals surface area contributed by atoms with Crippen molar-refractivity contribution in [3.8, 4) is 5.75 Å². The number of pyridine rings is 1. The molecule has 3 aromatic rings. The number of amides is 1. The van der Waals surface area contributed by atoms with Gasteiger partial charge in [-0.1, -0.05) is 35.9 Å². The fourth-order valence-electron chi connectivity index (χ4n) is 2.79. The zero-order valence-corrected chi connectivity index (χ0v) is 14.6. The molecule has 1 N–H and O–H groups in total. The second-order valence-electron chi connectivity index (χ2n) is 5.64. The predicted molar refractivity (Wildman–Crippen MR) is 99.6 cm³/mol. The Morgan fingerprint density at radius 3 is 2.68 bits per heavy atom. The molecule has 2 aromatic carbocycles. The largest absolute Gasteiger partial charge is 0.495 e. The van der Waals surface area contributed by atoms with Crippen LogP contribution in [0.25, 0.3) is 10.9 Å². The van der Waals surface area contributed by atoms with E-state index >= 15 is 0 Å². The van der Waals surface area contributed by atoms with Crippen LogP contribution in [0, 0.1) is 6.92 Å². The summed E-state index contributed by atoms with van der Waals surface area (Å²) in [7, 11) is 1.54. The van der Waals surface area contributed by atoms with Gasteiger partial charge in [0.25, 0.3) is 5.56 Å². The van der Waals surface area contributed by atoms with Crippen molar-refractivity contribution in [1.82, 2.24) is 4.57 Å². The number of methoxy groups -OCH3 is 1.